The third-order valence-electron chi connectivity index (χ3n) is 4.59. The van der Waals surface area contributed by atoms with Crippen molar-refractivity contribution in [3.05, 3.63) is 40.9 Å². The molecule has 1 aliphatic rings. The van der Waals surface area contributed by atoms with Crippen LogP contribution in [0.3, 0.4) is 0 Å². The second kappa shape index (κ2) is 7.76. The SMILES string of the molecule is C[C@@H](NC(=O)OC(C)(C)C)c1ccc(N2CCC[C@@H]2c2csc(N)n2)cc1. The van der Waals surface area contributed by atoms with Gasteiger partial charge in [-0.15, -0.1) is 11.3 Å². The molecule has 0 bridgehead atoms. The summed E-state index contributed by atoms with van der Waals surface area (Å²) in [6.45, 7) is 8.53. The standard InChI is InChI=1S/C20H28N4O2S/c1-13(22-19(25)26-20(2,3)4)14-7-9-15(10-8-14)24-11-5-6-17(24)16-12-27-18(21)23-16/h7-10,12-13,17H,5-6,11H2,1-4H3,(H2,21,23)(H,22,25)/t13-,17-/m1/s1. The number of nitrogens with two attached hydrogens (primary N) is 1. The minimum atomic E-state index is -0.502. The number of ether oxygens (including phenoxy) is 1. The van der Waals surface area contributed by atoms with Gasteiger partial charge in [-0.1, -0.05) is 12.1 Å². The summed E-state index contributed by atoms with van der Waals surface area (Å²) in [5.74, 6) is 0. The molecule has 0 radical (unpaired) electrons. The zero-order chi connectivity index (χ0) is 19.6. The molecule has 0 saturated carbocycles. The molecule has 1 aromatic carbocycles. The van der Waals surface area contributed by atoms with Gasteiger partial charge in [-0.25, -0.2) is 9.78 Å². The summed E-state index contributed by atoms with van der Waals surface area (Å²) in [6, 6.07) is 8.49. The van der Waals surface area contributed by atoms with Crippen LogP contribution in [-0.4, -0.2) is 23.2 Å². The zero-order valence-electron chi connectivity index (χ0n) is 16.4. The maximum absolute atomic E-state index is 12.0. The van der Waals surface area contributed by atoms with Crippen LogP contribution in [0.25, 0.3) is 0 Å². The van der Waals surface area contributed by atoms with E-state index in [0.29, 0.717) is 5.13 Å². The van der Waals surface area contributed by atoms with E-state index in [0.717, 1.165) is 36.3 Å². The number of nitrogens with one attached hydrogen (secondary N) is 1. The summed E-state index contributed by atoms with van der Waals surface area (Å²) in [4.78, 5) is 18.8. The molecule has 3 rings (SSSR count). The van der Waals surface area contributed by atoms with E-state index in [1.807, 2.05) is 27.7 Å². The minimum absolute atomic E-state index is 0.124. The molecule has 0 spiro atoms. The summed E-state index contributed by atoms with van der Waals surface area (Å²) in [5.41, 5.74) is 8.56. The van der Waals surface area contributed by atoms with Gasteiger partial charge in [0.2, 0.25) is 0 Å². The fourth-order valence-corrected chi connectivity index (χ4v) is 3.97. The van der Waals surface area contributed by atoms with Gasteiger partial charge in [0.1, 0.15) is 5.60 Å². The third kappa shape index (κ3) is 4.91. The van der Waals surface area contributed by atoms with Crippen LogP contribution in [0.15, 0.2) is 29.6 Å². The Hall–Kier alpha value is -2.28. The summed E-state index contributed by atoms with van der Waals surface area (Å²) in [6.07, 6.45) is 1.82. The maximum Gasteiger partial charge on any atom is 0.408 e. The third-order valence-corrected chi connectivity index (χ3v) is 5.28. The Kier molecular flexibility index (Phi) is 5.60. The van der Waals surface area contributed by atoms with Gasteiger partial charge in [0.05, 0.1) is 17.8 Å². The van der Waals surface area contributed by atoms with Crippen molar-refractivity contribution in [3.8, 4) is 0 Å². The van der Waals surface area contributed by atoms with Gasteiger partial charge < -0.3 is 20.7 Å². The Morgan fingerprint density at radius 3 is 2.67 bits per heavy atom. The average molecular weight is 389 g/mol. The number of alkyl carbamates (subject to hydrolysis) is 1. The summed E-state index contributed by atoms with van der Waals surface area (Å²) >= 11 is 1.49. The van der Waals surface area contributed by atoms with Crippen molar-refractivity contribution in [1.29, 1.82) is 0 Å². The van der Waals surface area contributed by atoms with Gasteiger partial charge in [0.25, 0.3) is 0 Å². The van der Waals surface area contributed by atoms with Crippen molar-refractivity contribution in [2.75, 3.05) is 17.2 Å². The number of thiazole rings is 1. The highest BCUT2D eigenvalue weighted by molar-refractivity contribution is 7.13. The monoisotopic (exact) mass is 388 g/mol. The van der Waals surface area contributed by atoms with Gasteiger partial charge >= 0.3 is 6.09 Å². The molecule has 2 heterocycles. The Morgan fingerprint density at radius 1 is 1.37 bits per heavy atom. The number of hydrogen-bond acceptors (Lipinski definition) is 6. The fraction of sp³-hybridized carbons (Fsp3) is 0.500. The molecule has 1 aromatic heterocycles. The molecule has 3 N–H and O–H groups in total. The van der Waals surface area contributed by atoms with E-state index >= 15 is 0 Å². The number of carbonyl (C=O) groups excluding carboxylic acids is 1. The number of aromatic nitrogens is 1. The van der Waals surface area contributed by atoms with Crippen LogP contribution < -0.4 is 16.0 Å². The zero-order valence-corrected chi connectivity index (χ0v) is 17.2. The fourth-order valence-electron chi connectivity index (χ4n) is 3.36. The Labute approximate surface area is 164 Å². The molecule has 1 aliphatic heterocycles. The smallest absolute Gasteiger partial charge is 0.408 e. The molecule has 1 amide bonds. The number of rotatable bonds is 4. The van der Waals surface area contributed by atoms with Crippen LogP contribution in [0.4, 0.5) is 15.6 Å². The lowest BCUT2D eigenvalue weighted by molar-refractivity contribution is 0.0508. The molecule has 27 heavy (non-hydrogen) atoms. The first-order valence-corrected chi connectivity index (χ1v) is 10.2. The number of carbonyl (C=O) groups is 1. The lowest BCUT2D eigenvalue weighted by Crippen LogP contribution is -2.34. The van der Waals surface area contributed by atoms with Crippen molar-refractivity contribution >= 4 is 28.2 Å². The van der Waals surface area contributed by atoms with Crippen molar-refractivity contribution < 1.29 is 9.53 Å². The van der Waals surface area contributed by atoms with Gasteiger partial charge in [-0.2, -0.15) is 0 Å². The summed E-state index contributed by atoms with van der Waals surface area (Å²) < 4.78 is 5.33. The van der Waals surface area contributed by atoms with Gasteiger partial charge in [-0.05, 0) is 58.2 Å². The van der Waals surface area contributed by atoms with Crippen molar-refractivity contribution in [2.24, 2.45) is 0 Å². The quantitative estimate of drug-likeness (QED) is 0.797. The number of anilines is 2. The molecule has 2 atom stereocenters. The van der Waals surface area contributed by atoms with E-state index < -0.39 is 11.7 Å². The van der Waals surface area contributed by atoms with E-state index in [4.69, 9.17) is 10.5 Å². The lowest BCUT2D eigenvalue weighted by atomic mass is 10.1. The molecule has 1 saturated heterocycles. The number of nitrogens with zero attached hydrogens (tertiary/aromatic N) is 2. The molecular weight excluding hydrogens is 360 g/mol. The molecule has 0 unspecified atom stereocenters. The number of amides is 1. The van der Waals surface area contributed by atoms with E-state index in [-0.39, 0.29) is 12.1 Å². The van der Waals surface area contributed by atoms with E-state index in [1.165, 1.54) is 11.3 Å². The topological polar surface area (TPSA) is 80.5 Å². The highest BCUT2D eigenvalue weighted by atomic mass is 32.1. The molecule has 2 aromatic rings. The van der Waals surface area contributed by atoms with Crippen LogP contribution in [0.1, 0.15) is 63.9 Å². The Morgan fingerprint density at radius 2 is 2.07 bits per heavy atom. The highest BCUT2D eigenvalue weighted by Gasteiger charge is 2.28. The van der Waals surface area contributed by atoms with E-state index in [2.05, 4.69) is 44.8 Å². The molecule has 0 aliphatic carbocycles. The first-order valence-electron chi connectivity index (χ1n) is 9.30. The second-order valence-electron chi connectivity index (χ2n) is 7.92. The molecule has 6 nitrogen and oxygen atoms in total. The van der Waals surface area contributed by atoms with Crippen LogP contribution >= 0.6 is 11.3 Å². The van der Waals surface area contributed by atoms with Crippen LogP contribution in [0.5, 0.6) is 0 Å². The normalized spacial score (nSPS) is 18.4. The van der Waals surface area contributed by atoms with Gasteiger partial charge in [0, 0.05) is 17.6 Å². The van der Waals surface area contributed by atoms with Crippen LogP contribution in [0.2, 0.25) is 0 Å². The molecular formula is C20H28N4O2S. The molecule has 7 heteroatoms. The maximum atomic E-state index is 12.0. The Bertz CT molecular complexity index is 782. The number of hydrogen-bond donors (Lipinski definition) is 2. The number of nitrogen functional groups attached to an aromatic ring is 1. The molecule has 1 fully saturated rings. The lowest BCUT2D eigenvalue weighted by Gasteiger charge is -2.26. The summed E-state index contributed by atoms with van der Waals surface area (Å²) in [7, 11) is 0. The van der Waals surface area contributed by atoms with Crippen LogP contribution in [0, 0.1) is 0 Å². The predicted molar refractivity (Wildman–Crippen MR) is 110 cm³/mol. The average Bonchev–Trinajstić information content (AvgIpc) is 3.21. The number of benzene rings is 1. The first kappa shape index (κ1) is 19.5. The van der Waals surface area contributed by atoms with Crippen molar-refractivity contribution in [2.45, 2.75) is 58.2 Å². The van der Waals surface area contributed by atoms with E-state index in [9.17, 15) is 4.79 Å². The van der Waals surface area contributed by atoms with E-state index in [1.54, 1.807) is 0 Å². The predicted octanol–water partition coefficient (Wildman–Crippen LogP) is 4.65. The highest BCUT2D eigenvalue weighted by Crippen LogP contribution is 2.37. The van der Waals surface area contributed by atoms with Gasteiger partial charge in [0.15, 0.2) is 5.13 Å². The summed E-state index contributed by atoms with van der Waals surface area (Å²) in [5, 5.41) is 5.56. The second-order valence-corrected chi connectivity index (χ2v) is 8.81. The minimum Gasteiger partial charge on any atom is -0.444 e. The van der Waals surface area contributed by atoms with Crippen molar-refractivity contribution in [1.82, 2.24) is 10.3 Å². The van der Waals surface area contributed by atoms with Crippen molar-refractivity contribution in [3.63, 3.8) is 0 Å². The Balaban J connectivity index is 1.67. The first-order chi connectivity index (χ1) is 12.7. The van der Waals surface area contributed by atoms with Gasteiger partial charge in [-0.3, -0.25) is 0 Å². The largest absolute Gasteiger partial charge is 0.444 e. The van der Waals surface area contributed by atoms with Crippen LogP contribution in [-0.2, 0) is 4.74 Å². The molecule has 146 valence electrons.